The third kappa shape index (κ3) is 6.13. The number of aliphatic imine (C=N–C) groups is 1. The number of hydrogen-bond donors (Lipinski definition) is 2. The van der Waals surface area contributed by atoms with Crippen LogP contribution in [0.1, 0.15) is 27.2 Å². The normalized spacial score (nSPS) is 11.4. The Balaban J connectivity index is 1.80. The third-order valence-corrected chi connectivity index (χ3v) is 5.44. The van der Waals surface area contributed by atoms with Gasteiger partial charge in [-0.1, -0.05) is 6.07 Å². The van der Waals surface area contributed by atoms with E-state index in [-0.39, 0.29) is 5.91 Å². The zero-order valence-electron chi connectivity index (χ0n) is 14.9. The summed E-state index contributed by atoms with van der Waals surface area (Å²) in [5.74, 6) is 0.786. The number of carbonyl (C=O) groups excluding carboxylic acids is 1. The Morgan fingerprint density at radius 2 is 2.20 bits per heavy atom. The molecule has 0 unspecified atom stereocenters. The van der Waals surface area contributed by atoms with Crippen molar-refractivity contribution in [2.75, 3.05) is 33.2 Å². The summed E-state index contributed by atoms with van der Waals surface area (Å²) in [5, 5.41) is 8.29. The van der Waals surface area contributed by atoms with E-state index in [1.165, 1.54) is 16.2 Å². The van der Waals surface area contributed by atoms with Gasteiger partial charge >= 0.3 is 0 Å². The summed E-state index contributed by atoms with van der Waals surface area (Å²) in [6.45, 7) is 6.65. The van der Waals surface area contributed by atoms with Gasteiger partial charge in [-0.2, -0.15) is 0 Å². The van der Waals surface area contributed by atoms with E-state index in [0.29, 0.717) is 18.0 Å². The second-order valence-electron chi connectivity index (χ2n) is 5.51. The molecule has 0 spiro atoms. The molecule has 8 heteroatoms. The van der Waals surface area contributed by atoms with Crippen molar-refractivity contribution in [3.63, 3.8) is 0 Å². The lowest BCUT2D eigenvalue weighted by atomic mass is 10.3. The average molecular weight is 380 g/mol. The van der Waals surface area contributed by atoms with Crippen molar-refractivity contribution in [2.24, 2.45) is 4.99 Å². The highest BCUT2D eigenvalue weighted by atomic mass is 32.1. The highest BCUT2D eigenvalue weighted by molar-refractivity contribution is 7.11. The number of aromatic nitrogens is 1. The van der Waals surface area contributed by atoms with Gasteiger partial charge in [0, 0.05) is 31.6 Å². The molecule has 0 saturated carbocycles. The second kappa shape index (κ2) is 10.1. The first-order chi connectivity index (χ1) is 12.1. The molecule has 0 aliphatic carbocycles. The zero-order valence-corrected chi connectivity index (χ0v) is 16.5. The van der Waals surface area contributed by atoms with Gasteiger partial charge in [-0.05, 0) is 31.7 Å². The maximum absolute atomic E-state index is 12.1. The first-order valence-electron chi connectivity index (χ1n) is 8.32. The molecule has 136 valence electrons. The van der Waals surface area contributed by atoms with Crippen LogP contribution in [-0.2, 0) is 6.42 Å². The molecular weight excluding hydrogens is 354 g/mol. The van der Waals surface area contributed by atoms with Crippen molar-refractivity contribution in [3.05, 3.63) is 38.5 Å². The molecule has 1 amide bonds. The first kappa shape index (κ1) is 19.4. The summed E-state index contributed by atoms with van der Waals surface area (Å²) >= 11 is 3.14. The summed E-state index contributed by atoms with van der Waals surface area (Å²) in [4.78, 5) is 24.9. The van der Waals surface area contributed by atoms with Crippen LogP contribution in [-0.4, -0.2) is 55.0 Å². The number of thiazole rings is 1. The van der Waals surface area contributed by atoms with Gasteiger partial charge in [-0.25, -0.2) is 4.98 Å². The van der Waals surface area contributed by atoms with E-state index in [1.807, 2.05) is 14.0 Å². The highest BCUT2D eigenvalue weighted by Crippen LogP contribution is 2.11. The predicted octanol–water partition coefficient (Wildman–Crippen LogP) is 2.38. The molecule has 0 atom stereocenters. The molecule has 2 aromatic rings. The lowest BCUT2D eigenvalue weighted by Crippen LogP contribution is -2.40. The van der Waals surface area contributed by atoms with E-state index in [4.69, 9.17) is 0 Å². The van der Waals surface area contributed by atoms with Gasteiger partial charge < -0.3 is 15.5 Å². The number of nitrogens with one attached hydrogen (secondary N) is 2. The summed E-state index contributed by atoms with van der Waals surface area (Å²) in [6, 6.07) is 4.23. The lowest BCUT2D eigenvalue weighted by Gasteiger charge is -2.21. The van der Waals surface area contributed by atoms with Gasteiger partial charge in [-0.15, -0.1) is 22.7 Å². The minimum atomic E-state index is -0.0775. The Kier molecular flexibility index (Phi) is 7.87. The third-order valence-electron chi connectivity index (χ3n) is 3.58. The lowest BCUT2D eigenvalue weighted by molar-refractivity contribution is 0.0958. The number of thiophene rings is 1. The minimum absolute atomic E-state index is 0.0775. The van der Waals surface area contributed by atoms with E-state index < -0.39 is 0 Å². The van der Waals surface area contributed by atoms with Crippen molar-refractivity contribution in [1.29, 1.82) is 0 Å². The molecule has 6 nitrogen and oxygen atoms in total. The summed E-state index contributed by atoms with van der Waals surface area (Å²) < 4.78 is 0. The summed E-state index contributed by atoms with van der Waals surface area (Å²) in [5.41, 5.74) is 2.46. The average Bonchev–Trinajstić information content (AvgIpc) is 3.26. The fourth-order valence-corrected chi connectivity index (χ4v) is 3.66. The second-order valence-corrected chi connectivity index (χ2v) is 7.40. The molecule has 2 heterocycles. The van der Waals surface area contributed by atoms with Crippen LogP contribution in [0.15, 0.2) is 28.0 Å². The summed E-state index contributed by atoms with van der Waals surface area (Å²) in [6.07, 6.45) is 1.000. The van der Waals surface area contributed by atoms with Crippen molar-refractivity contribution >= 4 is 34.5 Å². The van der Waals surface area contributed by atoms with Crippen LogP contribution in [0.3, 0.4) is 0 Å². The number of carbonyl (C=O) groups is 1. The molecule has 0 saturated heterocycles. The molecule has 2 N–H and O–H groups in total. The molecule has 25 heavy (non-hydrogen) atoms. The molecule has 2 rings (SSSR count). The van der Waals surface area contributed by atoms with Gasteiger partial charge in [0.15, 0.2) is 5.96 Å². The zero-order chi connectivity index (χ0) is 18.1. The maximum Gasteiger partial charge on any atom is 0.263 e. The number of aryl methyl sites for hydroxylation is 1. The van der Waals surface area contributed by atoms with Crippen molar-refractivity contribution in [1.82, 2.24) is 20.5 Å². The van der Waals surface area contributed by atoms with Crippen LogP contribution in [0.2, 0.25) is 0 Å². The van der Waals surface area contributed by atoms with Crippen LogP contribution in [0.25, 0.3) is 0 Å². The van der Waals surface area contributed by atoms with E-state index in [2.05, 4.69) is 49.9 Å². The number of rotatable bonds is 8. The largest absolute Gasteiger partial charge is 0.357 e. The van der Waals surface area contributed by atoms with Crippen LogP contribution in [0.4, 0.5) is 0 Å². The molecule has 0 aliphatic heterocycles. The number of guanidine groups is 1. The molecule has 0 fully saturated rings. The van der Waals surface area contributed by atoms with Crippen LogP contribution < -0.4 is 10.6 Å². The topological polar surface area (TPSA) is 69.6 Å². The highest BCUT2D eigenvalue weighted by Gasteiger charge is 2.11. The van der Waals surface area contributed by atoms with Gasteiger partial charge in [0.1, 0.15) is 4.88 Å². The fraction of sp³-hybridized carbons (Fsp3) is 0.471. The molecule has 0 aromatic carbocycles. The SMILES string of the molecule is CCNC(=NCCNC(=O)c1scnc1C)N(C)CCc1cccs1. The van der Waals surface area contributed by atoms with Gasteiger partial charge in [0.25, 0.3) is 5.91 Å². The Morgan fingerprint density at radius 3 is 2.84 bits per heavy atom. The monoisotopic (exact) mass is 379 g/mol. The molecule has 0 radical (unpaired) electrons. The number of amides is 1. The molecule has 0 bridgehead atoms. The Morgan fingerprint density at radius 1 is 1.36 bits per heavy atom. The smallest absolute Gasteiger partial charge is 0.263 e. The van der Waals surface area contributed by atoms with Crippen LogP contribution in [0, 0.1) is 6.92 Å². The Bertz CT molecular complexity index is 681. The van der Waals surface area contributed by atoms with Crippen molar-refractivity contribution < 1.29 is 4.79 Å². The van der Waals surface area contributed by atoms with E-state index in [9.17, 15) is 4.79 Å². The summed E-state index contributed by atoms with van der Waals surface area (Å²) in [7, 11) is 2.04. The minimum Gasteiger partial charge on any atom is -0.357 e. The number of hydrogen-bond acceptors (Lipinski definition) is 5. The van der Waals surface area contributed by atoms with Crippen LogP contribution in [0.5, 0.6) is 0 Å². The van der Waals surface area contributed by atoms with E-state index in [0.717, 1.165) is 31.2 Å². The van der Waals surface area contributed by atoms with Crippen molar-refractivity contribution in [3.8, 4) is 0 Å². The van der Waals surface area contributed by atoms with Gasteiger partial charge in [-0.3, -0.25) is 9.79 Å². The molecule has 2 aromatic heterocycles. The standard InChI is InChI=1S/C17H25N5OS2/c1-4-18-17(22(3)10-7-14-6-5-11-24-14)20-9-8-19-16(23)15-13(2)21-12-25-15/h5-6,11-12H,4,7-10H2,1-3H3,(H,18,20)(H,19,23). The quantitative estimate of drug-likeness (QED) is 0.420. The predicted molar refractivity (Wildman–Crippen MR) is 106 cm³/mol. The fourth-order valence-electron chi connectivity index (χ4n) is 2.24. The number of nitrogens with zero attached hydrogens (tertiary/aromatic N) is 3. The van der Waals surface area contributed by atoms with Crippen molar-refractivity contribution in [2.45, 2.75) is 20.3 Å². The maximum atomic E-state index is 12.1. The molecule has 0 aliphatic rings. The van der Waals surface area contributed by atoms with Gasteiger partial charge in [0.2, 0.25) is 0 Å². The van der Waals surface area contributed by atoms with E-state index in [1.54, 1.807) is 16.8 Å². The van der Waals surface area contributed by atoms with Gasteiger partial charge in [0.05, 0.1) is 17.7 Å². The molecular formula is C17H25N5OS2. The first-order valence-corrected chi connectivity index (χ1v) is 10.1. The van der Waals surface area contributed by atoms with E-state index >= 15 is 0 Å². The number of likely N-dealkylation sites (N-methyl/N-ethyl adjacent to an activating group) is 1. The Labute approximate surface area is 157 Å². The Hall–Kier alpha value is -1.93. The van der Waals surface area contributed by atoms with Crippen LogP contribution >= 0.6 is 22.7 Å².